The van der Waals surface area contributed by atoms with Crippen molar-refractivity contribution < 1.29 is 79.5 Å². The van der Waals surface area contributed by atoms with Gasteiger partial charge in [-0.15, -0.1) is 0 Å². The Bertz CT molecular complexity index is 1360. The highest BCUT2D eigenvalue weighted by Crippen LogP contribution is 2.68. The highest BCUT2D eigenvalue weighted by molar-refractivity contribution is 5.26. The molecule has 55 heavy (non-hydrogen) atoms. The third kappa shape index (κ3) is 7.27. The minimum Gasteiger partial charge on any atom is -0.394 e. The summed E-state index contributed by atoms with van der Waals surface area (Å²) in [7, 11) is 0. The van der Waals surface area contributed by atoms with Crippen LogP contribution in [0.3, 0.4) is 0 Å². The lowest BCUT2D eigenvalue weighted by Gasteiger charge is -2.59. The lowest BCUT2D eigenvalue weighted by atomic mass is 9.46. The molecule has 0 amide bonds. The molecule has 6 fully saturated rings. The van der Waals surface area contributed by atoms with Crippen molar-refractivity contribution in [3.05, 3.63) is 11.6 Å². The highest BCUT2D eigenvalue weighted by atomic mass is 16.7. The van der Waals surface area contributed by atoms with Gasteiger partial charge < -0.3 is 79.5 Å². The van der Waals surface area contributed by atoms with Gasteiger partial charge in [0, 0.05) is 11.8 Å². The maximum Gasteiger partial charge on any atom is 0.187 e. The lowest BCUT2D eigenvalue weighted by molar-refractivity contribution is -0.355. The van der Waals surface area contributed by atoms with Crippen LogP contribution in [0.5, 0.6) is 0 Å². The molecule has 4 aliphatic carbocycles. The van der Waals surface area contributed by atoms with Crippen molar-refractivity contribution in [2.24, 2.45) is 28.6 Å². The zero-order chi connectivity index (χ0) is 39.8. The number of aliphatic hydroxyl groups excluding tert-OH is 9. The van der Waals surface area contributed by atoms with E-state index in [0.717, 1.165) is 44.9 Å². The van der Waals surface area contributed by atoms with Gasteiger partial charge in [0.1, 0.15) is 54.9 Å². The molecule has 7 aliphatic rings. The van der Waals surface area contributed by atoms with E-state index in [4.69, 9.17) is 28.4 Å². The summed E-state index contributed by atoms with van der Waals surface area (Å²) in [5, 5.41) is 106. The molecule has 3 aliphatic heterocycles. The monoisotopic (exact) mass is 788 g/mol. The van der Waals surface area contributed by atoms with E-state index in [1.807, 2.05) is 6.92 Å². The van der Waals surface area contributed by atoms with Gasteiger partial charge in [0.05, 0.1) is 43.2 Å². The first-order chi connectivity index (χ1) is 25.9. The summed E-state index contributed by atoms with van der Waals surface area (Å²) < 4.78 is 35.2. The lowest BCUT2D eigenvalue weighted by Crippen LogP contribution is -2.63. The number of rotatable bonds is 9. The fraction of sp³-hybridized carbons (Fsp3) is 0.949. The molecule has 22 atom stereocenters. The van der Waals surface area contributed by atoms with Crippen LogP contribution in [0.2, 0.25) is 0 Å². The van der Waals surface area contributed by atoms with Crippen molar-refractivity contribution in [2.45, 2.75) is 189 Å². The number of allylic oxidation sites excluding steroid dienone is 1. The molecule has 3 heterocycles. The van der Waals surface area contributed by atoms with E-state index in [0.29, 0.717) is 24.2 Å². The Hall–Kier alpha value is -0.900. The molecular weight excluding hydrogens is 724 g/mol. The Morgan fingerprint density at radius 3 is 2.15 bits per heavy atom. The predicted molar refractivity (Wildman–Crippen MR) is 189 cm³/mol. The van der Waals surface area contributed by atoms with Gasteiger partial charge in [0.2, 0.25) is 0 Å². The summed E-state index contributed by atoms with van der Waals surface area (Å²) in [4.78, 5) is 0. The van der Waals surface area contributed by atoms with Gasteiger partial charge in [-0.2, -0.15) is 0 Å². The van der Waals surface area contributed by atoms with Crippen LogP contribution in [0.1, 0.15) is 85.5 Å². The average Bonchev–Trinajstić information content (AvgIpc) is 3.43. The zero-order valence-corrected chi connectivity index (χ0v) is 32.2. The standard InChI is InChI=1S/C39H64O16/c1-17-34(55-36-33(48)31(46)29(44)26(54-36)16-50-35-32(47)30(45)28(43)25(15-40)53-35)24(42)14-27(51-17)52-18(2)39(49)12-9-23-21-6-5-19-13-20(41)7-10-37(19,3)22(21)8-11-38(23,39)4/h5,17-18,20-36,40-49H,6-16H2,1-4H3/t17-,18+,20+,21-,22+,23+,24-,25-,26-,27+,28-,29-,30+,31+,32-,33-,34-,35-,36+,37+,38+,39+/m1/s1. The molecule has 0 radical (unpaired) electrons. The van der Waals surface area contributed by atoms with Gasteiger partial charge in [-0.05, 0) is 88.4 Å². The summed E-state index contributed by atoms with van der Waals surface area (Å²) in [6, 6.07) is 0. The molecule has 7 rings (SSSR count). The van der Waals surface area contributed by atoms with E-state index < -0.39 is 111 Å². The Kier molecular flexibility index (Phi) is 12.2. The number of hydrogen-bond acceptors (Lipinski definition) is 16. The van der Waals surface area contributed by atoms with Crippen molar-refractivity contribution in [3.8, 4) is 0 Å². The van der Waals surface area contributed by atoms with Crippen LogP contribution < -0.4 is 0 Å². The second-order valence-electron chi connectivity index (χ2n) is 18.1. The van der Waals surface area contributed by atoms with E-state index in [2.05, 4.69) is 19.9 Å². The Balaban J connectivity index is 0.952. The molecule has 316 valence electrons. The van der Waals surface area contributed by atoms with Crippen LogP contribution >= 0.6 is 0 Å². The van der Waals surface area contributed by atoms with Gasteiger partial charge in [-0.25, -0.2) is 0 Å². The van der Waals surface area contributed by atoms with Crippen molar-refractivity contribution in [3.63, 3.8) is 0 Å². The predicted octanol–water partition coefficient (Wildman–Crippen LogP) is -1.05. The van der Waals surface area contributed by atoms with Gasteiger partial charge in [-0.3, -0.25) is 0 Å². The van der Waals surface area contributed by atoms with Crippen LogP contribution in [-0.4, -0.2) is 168 Å². The first-order valence-corrected chi connectivity index (χ1v) is 20.3. The summed E-state index contributed by atoms with van der Waals surface area (Å²) in [6.45, 7) is 6.93. The summed E-state index contributed by atoms with van der Waals surface area (Å²) in [6.07, 6.45) is -11.3. The van der Waals surface area contributed by atoms with E-state index in [1.165, 1.54) is 5.57 Å². The second kappa shape index (κ2) is 15.9. The number of hydrogen-bond donors (Lipinski definition) is 10. The average molecular weight is 789 g/mol. The van der Waals surface area contributed by atoms with Gasteiger partial charge in [-0.1, -0.05) is 25.5 Å². The third-order valence-corrected chi connectivity index (χ3v) is 15.2. The smallest absolute Gasteiger partial charge is 0.187 e. The van der Waals surface area contributed by atoms with Gasteiger partial charge in [0.25, 0.3) is 0 Å². The summed E-state index contributed by atoms with van der Waals surface area (Å²) in [5.74, 6) is 1.29. The molecule has 16 heteroatoms. The molecule has 0 bridgehead atoms. The second-order valence-corrected chi connectivity index (χ2v) is 18.1. The highest BCUT2D eigenvalue weighted by Gasteiger charge is 2.66. The first-order valence-electron chi connectivity index (χ1n) is 20.3. The molecule has 3 saturated carbocycles. The topological polar surface area (TPSA) is 258 Å². The third-order valence-electron chi connectivity index (χ3n) is 15.2. The van der Waals surface area contributed by atoms with E-state index in [9.17, 15) is 51.1 Å². The largest absolute Gasteiger partial charge is 0.394 e. The maximum absolute atomic E-state index is 12.5. The fourth-order valence-electron chi connectivity index (χ4n) is 11.7. The van der Waals surface area contributed by atoms with E-state index >= 15 is 0 Å². The Labute approximate surface area is 322 Å². The van der Waals surface area contributed by atoms with Crippen LogP contribution in [0.15, 0.2) is 11.6 Å². The van der Waals surface area contributed by atoms with Crippen molar-refractivity contribution in [1.29, 1.82) is 0 Å². The Morgan fingerprint density at radius 1 is 0.800 bits per heavy atom. The molecule has 0 spiro atoms. The SMILES string of the molecule is C[C@H](O[C@H]1C[C@@H](O)[C@H](O[C@@H]2O[C@H](CO[C@@H]3O[C@H](CO)[C@@H](O)[C@H](O)[C@H]3O)[C@@H](O)[C@H](O)[C@H]2O)[C@@H](C)O1)[C@@]1(O)CC[C@H]2[C@@H]3CC=C4C[C@@H](O)CC[C@]4(C)[C@H]3CC[C@@]21C. The van der Waals surface area contributed by atoms with Gasteiger partial charge in [0.15, 0.2) is 18.9 Å². The molecule has 0 unspecified atom stereocenters. The number of aliphatic hydroxyl groups is 10. The molecule has 16 nitrogen and oxygen atoms in total. The fourth-order valence-corrected chi connectivity index (χ4v) is 11.7. The molecule has 10 N–H and O–H groups in total. The molecule has 0 aromatic heterocycles. The summed E-state index contributed by atoms with van der Waals surface area (Å²) in [5.41, 5.74) is -0.00152. The minimum atomic E-state index is -1.76. The van der Waals surface area contributed by atoms with E-state index in [1.54, 1.807) is 6.92 Å². The molecule has 3 saturated heterocycles. The normalized spacial score (nSPS) is 54.8. The first kappa shape index (κ1) is 42.2. The van der Waals surface area contributed by atoms with E-state index in [-0.39, 0.29) is 23.4 Å². The quantitative estimate of drug-likeness (QED) is 0.125. The van der Waals surface area contributed by atoms with Crippen molar-refractivity contribution in [2.75, 3.05) is 13.2 Å². The Morgan fingerprint density at radius 2 is 1.45 bits per heavy atom. The number of fused-ring (bicyclic) bond motifs is 5. The number of ether oxygens (including phenoxy) is 6. The van der Waals surface area contributed by atoms with Crippen LogP contribution in [0.4, 0.5) is 0 Å². The van der Waals surface area contributed by atoms with Crippen molar-refractivity contribution in [1.82, 2.24) is 0 Å². The summed E-state index contributed by atoms with van der Waals surface area (Å²) >= 11 is 0. The van der Waals surface area contributed by atoms with Crippen LogP contribution in [-0.2, 0) is 28.4 Å². The molecular formula is C39H64O16. The molecule has 0 aromatic carbocycles. The zero-order valence-electron chi connectivity index (χ0n) is 32.2. The van der Waals surface area contributed by atoms with Crippen molar-refractivity contribution >= 4 is 0 Å². The van der Waals surface area contributed by atoms with Gasteiger partial charge >= 0.3 is 0 Å². The maximum atomic E-state index is 12.5. The van der Waals surface area contributed by atoms with Crippen LogP contribution in [0.25, 0.3) is 0 Å². The molecule has 0 aromatic rings. The minimum absolute atomic E-state index is 0.0182. The van der Waals surface area contributed by atoms with Crippen LogP contribution in [0, 0.1) is 28.6 Å².